The minimum Gasteiger partial charge on any atom is -0.381 e. The molecule has 2 aromatic carbocycles. The summed E-state index contributed by atoms with van der Waals surface area (Å²) < 4.78 is 11.0. The molecule has 0 aliphatic carbocycles. The van der Waals surface area contributed by atoms with Crippen LogP contribution in [0.3, 0.4) is 0 Å². The highest BCUT2D eigenvalue weighted by molar-refractivity contribution is 5.97. The van der Waals surface area contributed by atoms with Gasteiger partial charge in [0.1, 0.15) is 19.6 Å². The van der Waals surface area contributed by atoms with E-state index in [-0.39, 0.29) is 22.7 Å². The van der Waals surface area contributed by atoms with Crippen molar-refractivity contribution in [3.63, 3.8) is 0 Å². The zero-order valence-electron chi connectivity index (χ0n) is 24.9. The molecule has 2 aliphatic heterocycles. The van der Waals surface area contributed by atoms with Crippen molar-refractivity contribution >= 4 is 11.6 Å². The third-order valence-corrected chi connectivity index (χ3v) is 8.47. The SMILES string of the molecule is CCN(c1cc(C(=O)NCc2c(C)cc(C)[nH]c2=O)cc(-c2ccc(C[N+]3(O)CCOCC3)cc2)c1)C1CCOCC1. The highest BCUT2D eigenvalue weighted by Crippen LogP contribution is 2.31. The number of carbonyl (C=O) groups is 1. The van der Waals surface area contributed by atoms with Crippen molar-refractivity contribution in [3.05, 3.63) is 86.8 Å². The van der Waals surface area contributed by atoms with Crippen LogP contribution in [0, 0.1) is 13.8 Å². The molecule has 224 valence electrons. The minimum absolute atomic E-state index is 0.0149. The Morgan fingerprint density at radius 2 is 1.69 bits per heavy atom. The molecule has 3 N–H and O–H groups in total. The zero-order valence-corrected chi connectivity index (χ0v) is 24.9. The Bertz CT molecular complexity index is 1440. The van der Waals surface area contributed by atoms with Crippen molar-refractivity contribution in [2.45, 2.75) is 52.7 Å². The lowest BCUT2D eigenvalue weighted by molar-refractivity contribution is -1.12. The van der Waals surface area contributed by atoms with E-state index in [2.05, 4.69) is 52.5 Å². The number of nitrogens with one attached hydrogen (secondary N) is 2. The molecule has 0 bridgehead atoms. The number of pyridine rings is 1. The third-order valence-electron chi connectivity index (χ3n) is 8.47. The Kier molecular flexibility index (Phi) is 9.43. The number of quaternary nitrogens is 1. The fourth-order valence-corrected chi connectivity index (χ4v) is 6.08. The van der Waals surface area contributed by atoms with Crippen LogP contribution < -0.4 is 15.8 Å². The van der Waals surface area contributed by atoms with Crippen LogP contribution >= 0.6 is 0 Å². The zero-order chi connectivity index (χ0) is 29.7. The van der Waals surface area contributed by atoms with Gasteiger partial charge in [-0.1, -0.05) is 24.3 Å². The van der Waals surface area contributed by atoms with E-state index in [1.807, 2.05) is 32.0 Å². The monoisotopic (exact) mass is 575 g/mol. The summed E-state index contributed by atoms with van der Waals surface area (Å²) in [6, 6.07) is 16.5. The quantitative estimate of drug-likeness (QED) is 0.328. The number of anilines is 1. The van der Waals surface area contributed by atoms with Gasteiger partial charge in [0, 0.05) is 60.4 Å². The predicted octanol–water partition coefficient (Wildman–Crippen LogP) is 4.33. The number of aromatic amines is 1. The molecule has 2 saturated heterocycles. The number of amides is 1. The molecule has 0 unspecified atom stereocenters. The van der Waals surface area contributed by atoms with E-state index in [9.17, 15) is 14.8 Å². The van der Waals surface area contributed by atoms with Crippen LogP contribution in [0.25, 0.3) is 11.1 Å². The average molecular weight is 576 g/mol. The molecular weight excluding hydrogens is 532 g/mol. The highest BCUT2D eigenvalue weighted by Gasteiger charge is 2.29. The summed E-state index contributed by atoms with van der Waals surface area (Å²) in [5.74, 6) is -0.226. The lowest BCUT2D eigenvalue weighted by Gasteiger charge is -2.35. The number of hydroxylamine groups is 3. The van der Waals surface area contributed by atoms with Gasteiger partial charge in [0.25, 0.3) is 11.5 Å². The molecule has 0 spiro atoms. The first-order valence-electron chi connectivity index (χ1n) is 15.0. The number of benzene rings is 2. The second-order valence-corrected chi connectivity index (χ2v) is 11.5. The maximum Gasteiger partial charge on any atom is 0.253 e. The molecule has 0 radical (unpaired) electrons. The van der Waals surface area contributed by atoms with Crippen molar-refractivity contribution in [2.75, 3.05) is 51.0 Å². The van der Waals surface area contributed by atoms with Crippen LogP contribution in [0.1, 0.15) is 52.5 Å². The second kappa shape index (κ2) is 13.2. The topological polar surface area (TPSA) is 104 Å². The molecule has 0 atom stereocenters. The Labute approximate surface area is 247 Å². The van der Waals surface area contributed by atoms with Crippen molar-refractivity contribution in [1.82, 2.24) is 10.3 Å². The minimum atomic E-state index is -0.226. The van der Waals surface area contributed by atoms with Gasteiger partial charge in [0.2, 0.25) is 0 Å². The first kappa shape index (κ1) is 30.0. The van der Waals surface area contributed by atoms with Gasteiger partial charge >= 0.3 is 0 Å². The van der Waals surface area contributed by atoms with Crippen LogP contribution in [-0.2, 0) is 22.6 Å². The second-order valence-electron chi connectivity index (χ2n) is 11.5. The Hall–Kier alpha value is -3.50. The first-order chi connectivity index (χ1) is 20.2. The molecule has 1 amide bonds. The third kappa shape index (κ3) is 7.10. The number of rotatable bonds is 9. The molecule has 42 heavy (non-hydrogen) atoms. The molecule has 2 aliphatic rings. The molecular formula is C33H43N4O5+. The van der Waals surface area contributed by atoms with Crippen LogP contribution in [0.4, 0.5) is 5.69 Å². The van der Waals surface area contributed by atoms with Gasteiger partial charge in [0.05, 0.1) is 13.2 Å². The maximum atomic E-state index is 13.5. The summed E-state index contributed by atoms with van der Waals surface area (Å²) in [7, 11) is 0. The van der Waals surface area contributed by atoms with E-state index in [1.165, 1.54) is 0 Å². The van der Waals surface area contributed by atoms with Gasteiger partial charge in [-0.2, -0.15) is 4.65 Å². The van der Waals surface area contributed by atoms with Crippen LogP contribution in [-0.4, -0.2) is 72.8 Å². The Morgan fingerprint density at radius 3 is 2.36 bits per heavy atom. The average Bonchev–Trinajstić information content (AvgIpc) is 2.98. The van der Waals surface area contributed by atoms with E-state index in [1.54, 1.807) is 0 Å². The summed E-state index contributed by atoms with van der Waals surface area (Å²) in [5, 5.41) is 13.9. The number of aromatic nitrogens is 1. The van der Waals surface area contributed by atoms with Gasteiger partial charge in [-0.05, 0) is 74.6 Å². The molecule has 3 aromatic rings. The summed E-state index contributed by atoms with van der Waals surface area (Å²) in [5.41, 5.74) is 6.56. The standard InChI is InChI=1S/C33H42N4O5/c1-4-36(29-9-13-41-14-10-29)30-19-27(26-7-5-25(6-8-26)22-37(40)11-15-42-16-12-37)18-28(20-30)32(38)34-21-31-23(2)17-24(3)35-33(31)39/h5-8,17-20,29,40H,4,9-16,21-22H2,1-3H3,(H-,34,35,38,39)/p+1. The predicted molar refractivity (Wildman–Crippen MR) is 163 cm³/mol. The number of aryl methyl sites for hydroxylation is 2. The van der Waals surface area contributed by atoms with Crippen LogP contribution in [0.5, 0.6) is 0 Å². The number of H-pyrrole nitrogens is 1. The molecule has 9 heteroatoms. The summed E-state index contributed by atoms with van der Waals surface area (Å²) >= 11 is 0. The van der Waals surface area contributed by atoms with E-state index >= 15 is 0 Å². The fourth-order valence-electron chi connectivity index (χ4n) is 6.08. The molecule has 2 fully saturated rings. The highest BCUT2D eigenvalue weighted by atomic mass is 16.6. The summed E-state index contributed by atoms with van der Waals surface area (Å²) in [6.45, 7) is 11.1. The number of hydrogen-bond acceptors (Lipinski definition) is 6. The smallest absolute Gasteiger partial charge is 0.253 e. The van der Waals surface area contributed by atoms with E-state index in [4.69, 9.17) is 9.47 Å². The lowest BCUT2D eigenvalue weighted by atomic mass is 9.98. The lowest BCUT2D eigenvalue weighted by Crippen LogP contribution is -2.51. The number of ether oxygens (including phenoxy) is 2. The van der Waals surface area contributed by atoms with Gasteiger partial charge in [-0.3, -0.25) is 9.59 Å². The van der Waals surface area contributed by atoms with Crippen molar-refractivity contribution < 1.29 is 24.1 Å². The van der Waals surface area contributed by atoms with Crippen molar-refractivity contribution in [1.29, 1.82) is 0 Å². The Morgan fingerprint density at radius 1 is 1.00 bits per heavy atom. The summed E-state index contributed by atoms with van der Waals surface area (Å²) in [6.07, 6.45) is 1.88. The Balaban J connectivity index is 1.43. The fraction of sp³-hybridized carbons (Fsp3) is 0.455. The number of morpholine rings is 1. The summed E-state index contributed by atoms with van der Waals surface area (Å²) in [4.78, 5) is 31.3. The van der Waals surface area contributed by atoms with Gasteiger partial charge in [-0.15, -0.1) is 0 Å². The normalized spacial score (nSPS) is 17.1. The number of hydrogen-bond donors (Lipinski definition) is 3. The number of carbonyl (C=O) groups excluding carboxylic acids is 1. The molecule has 0 saturated carbocycles. The largest absolute Gasteiger partial charge is 0.381 e. The van der Waals surface area contributed by atoms with Crippen LogP contribution in [0.2, 0.25) is 0 Å². The van der Waals surface area contributed by atoms with E-state index < -0.39 is 0 Å². The molecule has 9 nitrogen and oxygen atoms in total. The van der Waals surface area contributed by atoms with Gasteiger partial charge in [0.15, 0.2) is 0 Å². The van der Waals surface area contributed by atoms with E-state index in [0.29, 0.717) is 50.0 Å². The van der Waals surface area contributed by atoms with Crippen molar-refractivity contribution in [2.24, 2.45) is 0 Å². The molecule has 1 aromatic heterocycles. The maximum absolute atomic E-state index is 13.5. The number of nitrogens with zero attached hydrogens (tertiary/aromatic N) is 2. The van der Waals surface area contributed by atoms with Gasteiger partial charge < -0.3 is 24.7 Å². The molecule has 5 rings (SSSR count). The molecule has 3 heterocycles. The van der Waals surface area contributed by atoms with Crippen LogP contribution in [0.15, 0.2) is 53.3 Å². The van der Waals surface area contributed by atoms with Gasteiger partial charge in [-0.25, -0.2) is 5.21 Å². The van der Waals surface area contributed by atoms with E-state index in [0.717, 1.165) is 66.2 Å². The first-order valence-corrected chi connectivity index (χ1v) is 15.0. The van der Waals surface area contributed by atoms with Crippen molar-refractivity contribution in [3.8, 4) is 11.1 Å².